The van der Waals surface area contributed by atoms with Crippen LogP contribution in [0.3, 0.4) is 0 Å². The Morgan fingerprint density at radius 2 is 2.27 bits per heavy atom. The minimum absolute atomic E-state index is 0.00205. The second-order valence-electron chi connectivity index (χ2n) is 3.82. The van der Waals surface area contributed by atoms with Crippen molar-refractivity contribution in [3.8, 4) is 0 Å². The molecule has 1 fully saturated rings. The van der Waals surface area contributed by atoms with Crippen LogP contribution in [-0.4, -0.2) is 18.4 Å². The predicted octanol–water partition coefficient (Wildman–Crippen LogP) is 3.12. The fraction of sp³-hybridized carbons (Fsp3) is 0.545. The molecule has 4 heteroatoms. The third-order valence-electron chi connectivity index (χ3n) is 2.69. The molecule has 82 valence electrons. The SMILES string of the molecule is O=C(c1ccc(Cl)s1)C1CCCCCN1. The van der Waals surface area contributed by atoms with Crippen LogP contribution in [0.4, 0.5) is 0 Å². The molecule has 2 nitrogen and oxygen atoms in total. The first-order valence-corrected chi connectivity index (χ1v) is 6.50. The Kier molecular flexibility index (Phi) is 3.78. The second kappa shape index (κ2) is 5.10. The van der Waals surface area contributed by atoms with Crippen LogP contribution in [0, 0.1) is 0 Å². The monoisotopic (exact) mass is 243 g/mol. The van der Waals surface area contributed by atoms with Gasteiger partial charge < -0.3 is 5.32 Å². The van der Waals surface area contributed by atoms with Gasteiger partial charge in [-0.25, -0.2) is 0 Å². The number of carbonyl (C=O) groups is 1. The van der Waals surface area contributed by atoms with Crippen LogP contribution in [0.5, 0.6) is 0 Å². The average molecular weight is 244 g/mol. The molecule has 1 aromatic heterocycles. The molecule has 2 rings (SSSR count). The molecule has 0 aliphatic carbocycles. The van der Waals surface area contributed by atoms with Crippen LogP contribution in [0.2, 0.25) is 4.34 Å². The Morgan fingerprint density at radius 3 is 3.00 bits per heavy atom. The van der Waals surface area contributed by atoms with Crippen LogP contribution < -0.4 is 5.32 Å². The molecule has 0 aromatic carbocycles. The van der Waals surface area contributed by atoms with Crippen molar-refractivity contribution in [3.05, 3.63) is 21.3 Å². The number of thiophene rings is 1. The fourth-order valence-corrected chi connectivity index (χ4v) is 2.91. The number of carbonyl (C=O) groups excluding carboxylic acids is 1. The molecule has 1 unspecified atom stereocenters. The van der Waals surface area contributed by atoms with Gasteiger partial charge in [0.25, 0.3) is 0 Å². The van der Waals surface area contributed by atoms with Crippen molar-refractivity contribution in [2.45, 2.75) is 31.7 Å². The lowest BCUT2D eigenvalue weighted by Gasteiger charge is -2.12. The van der Waals surface area contributed by atoms with E-state index >= 15 is 0 Å². The summed E-state index contributed by atoms with van der Waals surface area (Å²) < 4.78 is 0.687. The third-order valence-corrected chi connectivity index (χ3v) is 3.94. The van der Waals surface area contributed by atoms with Gasteiger partial charge in [-0.05, 0) is 31.5 Å². The fourth-order valence-electron chi connectivity index (χ4n) is 1.87. The first-order valence-electron chi connectivity index (χ1n) is 5.30. The van der Waals surface area contributed by atoms with Crippen LogP contribution in [-0.2, 0) is 0 Å². The van der Waals surface area contributed by atoms with Gasteiger partial charge in [0, 0.05) is 0 Å². The van der Waals surface area contributed by atoms with Gasteiger partial charge in [0.1, 0.15) is 0 Å². The first-order chi connectivity index (χ1) is 7.27. The highest BCUT2D eigenvalue weighted by Crippen LogP contribution is 2.24. The molecule has 0 saturated carbocycles. The van der Waals surface area contributed by atoms with E-state index in [0.717, 1.165) is 24.3 Å². The highest BCUT2D eigenvalue weighted by Gasteiger charge is 2.21. The highest BCUT2D eigenvalue weighted by atomic mass is 35.5. The number of Topliss-reactive ketones (excluding diaryl/α,β-unsaturated/α-hetero) is 1. The molecule has 0 spiro atoms. The summed E-state index contributed by atoms with van der Waals surface area (Å²) in [4.78, 5) is 12.8. The normalized spacial score (nSPS) is 22.3. The number of ketones is 1. The topological polar surface area (TPSA) is 29.1 Å². The number of halogens is 1. The van der Waals surface area contributed by atoms with Crippen molar-refractivity contribution < 1.29 is 4.79 Å². The van der Waals surface area contributed by atoms with Crippen molar-refractivity contribution in [1.29, 1.82) is 0 Å². The van der Waals surface area contributed by atoms with Gasteiger partial charge in [-0.15, -0.1) is 11.3 Å². The lowest BCUT2D eigenvalue weighted by molar-refractivity contribution is 0.0945. The molecule has 0 amide bonds. The number of rotatable bonds is 2. The van der Waals surface area contributed by atoms with Crippen LogP contribution in [0.25, 0.3) is 0 Å². The molecule has 2 heterocycles. The molecule has 0 radical (unpaired) electrons. The van der Waals surface area contributed by atoms with E-state index in [-0.39, 0.29) is 11.8 Å². The summed E-state index contributed by atoms with van der Waals surface area (Å²) in [7, 11) is 0. The van der Waals surface area contributed by atoms with E-state index in [4.69, 9.17) is 11.6 Å². The zero-order valence-electron chi connectivity index (χ0n) is 8.46. The molecular formula is C11H14ClNOS. The maximum absolute atomic E-state index is 12.1. The highest BCUT2D eigenvalue weighted by molar-refractivity contribution is 7.18. The van der Waals surface area contributed by atoms with Crippen molar-refractivity contribution in [2.75, 3.05) is 6.54 Å². The lowest BCUT2D eigenvalue weighted by Crippen LogP contribution is -2.35. The summed E-state index contributed by atoms with van der Waals surface area (Å²) in [6.07, 6.45) is 4.49. The average Bonchev–Trinajstić information content (AvgIpc) is 2.53. The largest absolute Gasteiger partial charge is 0.307 e. The molecule has 1 aliphatic heterocycles. The van der Waals surface area contributed by atoms with Crippen molar-refractivity contribution in [3.63, 3.8) is 0 Å². The lowest BCUT2D eigenvalue weighted by atomic mass is 10.1. The maximum Gasteiger partial charge on any atom is 0.189 e. The number of hydrogen-bond donors (Lipinski definition) is 1. The second-order valence-corrected chi connectivity index (χ2v) is 5.54. The Labute approximate surface area is 98.6 Å². The van der Waals surface area contributed by atoms with Crippen LogP contribution in [0.15, 0.2) is 12.1 Å². The summed E-state index contributed by atoms with van der Waals surface area (Å²) in [5.41, 5.74) is 0. The predicted molar refractivity (Wildman–Crippen MR) is 63.9 cm³/mol. The Hall–Kier alpha value is -0.380. The zero-order valence-corrected chi connectivity index (χ0v) is 10.0. The molecular weight excluding hydrogens is 230 g/mol. The summed E-state index contributed by atoms with van der Waals surface area (Å²) in [6, 6.07) is 3.61. The van der Waals surface area contributed by atoms with E-state index in [1.165, 1.54) is 24.2 Å². The molecule has 15 heavy (non-hydrogen) atoms. The molecule has 1 aliphatic rings. The standard InChI is InChI=1S/C11H14ClNOS/c12-10-6-5-9(15-10)11(14)8-4-2-1-3-7-13-8/h5-6,8,13H,1-4,7H2. The Balaban J connectivity index is 2.06. The molecule has 1 N–H and O–H groups in total. The van der Waals surface area contributed by atoms with Crippen molar-refractivity contribution in [2.24, 2.45) is 0 Å². The van der Waals surface area contributed by atoms with E-state index in [1.807, 2.05) is 6.07 Å². The summed E-state index contributed by atoms with van der Waals surface area (Å²) in [6.45, 7) is 0.954. The van der Waals surface area contributed by atoms with Crippen molar-refractivity contribution in [1.82, 2.24) is 5.32 Å². The van der Waals surface area contributed by atoms with Gasteiger partial charge in [-0.2, -0.15) is 0 Å². The molecule has 1 atom stereocenters. The quantitative estimate of drug-likeness (QED) is 0.809. The Bertz CT molecular complexity index is 342. The van der Waals surface area contributed by atoms with Gasteiger partial charge in [0.15, 0.2) is 5.78 Å². The minimum atomic E-state index is 0.00205. The van der Waals surface area contributed by atoms with E-state index in [2.05, 4.69) is 5.32 Å². The van der Waals surface area contributed by atoms with Crippen LogP contribution >= 0.6 is 22.9 Å². The molecule has 0 bridgehead atoms. The van der Waals surface area contributed by atoms with Crippen molar-refractivity contribution >= 4 is 28.7 Å². The van der Waals surface area contributed by atoms with E-state index < -0.39 is 0 Å². The minimum Gasteiger partial charge on any atom is -0.307 e. The number of nitrogens with one attached hydrogen (secondary N) is 1. The van der Waals surface area contributed by atoms with Gasteiger partial charge >= 0.3 is 0 Å². The van der Waals surface area contributed by atoms with E-state index in [1.54, 1.807) is 6.07 Å². The maximum atomic E-state index is 12.1. The summed E-state index contributed by atoms with van der Waals surface area (Å²) in [5.74, 6) is 0.203. The zero-order chi connectivity index (χ0) is 10.7. The third kappa shape index (κ3) is 2.80. The Morgan fingerprint density at radius 1 is 1.40 bits per heavy atom. The van der Waals surface area contributed by atoms with Gasteiger partial charge in [0.05, 0.1) is 15.3 Å². The van der Waals surface area contributed by atoms with E-state index in [0.29, 0.717) is 4.34 Å². The molecule has 1 saturated heterocycles. The van der Waals surface area contributed by atoms with Gasteiger partial charge in [-0.1, -0.05) is 24.4 Å². The first kappa shape index (κ1) is 11.1. The summed E-state index contributed by atoms with van der Waals surface area (Å²) in [5, 5.41) is 3.30. The van der Waals surface area contributed by atoms with E-state index in [9.17, 15) is 4.79 Å². The smallest absolute Gasteiger partial charge is 0.189 e. The summed E-state index contributed by atoms with van der Waals surface area (Å²) >= 11 is 7.19. The van der Waals surface area contributed by atoms with Crippen LogP contribution in [0.1, 0.15) is 35.4 Å². The number of hydrogen-bond acceptors (Lipinski definition) is 3. The van der Waals surface area contributed by atoms with Gasteiger partial charge in [0.2, 0.25) is 0 Å². The molecule has 1 aromatic rings. The van der Waals surface area contributed by atoms with Gasteiger partial charge in [-0.3, -0.25) is 4.79 Å².